The molecule has 1 aromatic rings. The van der Waals surface area contributed by atoms with E-state index in [1.807, 2.05) is 0 Å². The van der Waals surface area contributed by atoms with Crippen LogP contribution >= 0.6 is 34.7 Å². The fourth-order valence-corrected chi connectivity index (χ4v) is 2.46. The van der Waals surface area contributed by atoms with Crippen LogP contribution in [0.1, 0.15) is 76.7 Å². The molecular weight excluding hydrogens is 318 g/mol. The minimum Gasteiger partial charge on any atom is -0.153 e. The smallest absolute Gasteiger partial charge is 0.0279 e. The summed E-state index contributed by atoms with van der Waals surface area (Å²) in [5, 5.41) is 0. The van der Waals surface area contributed by atoms with E-state index in [0.29, 0.717) is 0 Å². The summed E-state index contributed by atoms with van der Waals surface area (Å²) in [5.41, 5.74) is 1.50. The van der Waals surface area contributed by atoms with E-state index in [1.54, 1.807) is 0 Å². The number of hydrogen-bond acceptors (Lipinski definition) is 0. The lowest BCUT2D eigenvalue weighted by molar-refractivity contribution is 0.556. The number of halogens is 2. The molecule has 1 aromatic carbocycles. The molecule has 21 heavy (non-hydrogen) atoms. The number of hydrogen-bond donors (Lipinski definition) is 0. The van der Waals surface area contributed by atoms with Gasteiger partial charge in [0, 0.05) is 0 Å². The third-order valence-corrected chi connectivity index (χ3v) is 3.66. The summed E-state index contributed by atoms with van der Waals surface area (Å²) in [5.74, 6) is 0. The summed E-state index contributed by atoms with van der Waals surface area (Å²) in [7, 11) is 0. The molecule has 0 aliphatic heterocycles. The van der Waals surface area contributed by atoms with Gasteiger partial charge in [0.2, 0.25) is 0 Å². The Kier molecular flexibility index (Phi) is 25.2. The Balaban J connectivity index is -0.00000108. The fraction of sp³-hybridized carbons (Fsp3) is 0.667. The van der Waals surface area contributed by atoms with Crippen molar-refractivity contribution in [3.8, 4) is 0 Å². The second-order valence-electron chi connectivity index (χ2n) is 5.42. The van der Waals surface area contributed by atoms with Gasteiger partial charge in [-0.3, -0.25) is 0 Å². The largest absolute Gasteiger partial charge is 0.153 e. The van der Waals surface area contributed by atoms with Crippen LogP contribution in [-0.4, -0.2) is 0 Å². The molecule has 0 nitrogen and oxygen atoms in total. The van der Waals surface area contributed by atoms with Gasteiger partial charge >= 0.3 is 0 Å². The number of benzene rings is 1. The zero-order chi connectivity index (χ0) is 12.9. The third-order valence-electron chi connectivity index (χ3n) is 3.66. The molecule has 1 atom stereocenters. The molecular formula is C18H35Cl2P. The van der Waals surface area contributed by atoms with Crippen LogP contribution in [0.5, 0.6) is 0 Å². The van der Waals surface area contributed by atoms with Crippen molar-refractivity contribution in [2.45, 2.75) is 77.6 Å². The van der Waals surface area contributed by atoms with Crippen LogP contribution in [0, 0.1) is 0 Å². The minimum absolute atomic E-state index is 0. The Morgan fingerprint density at radius 2 is 1.05 bits per heavy atom. The highest BCUT2D eigenvalue weighted by Gasteiger charge is 1.94. The van der Waals surface area contributed by atoms with Crippen molar-refractivity contribution in [2.75, 3.05) is 0 Å². The zero-order valence-corrected chi connectivity index (χ0v) is 16.7. The molecule has 0 radical (unpaired) electrons. The van der Waals surface area contributed by atoms with Crippen molar-refractivity contribution in [3.63, 3.8) is 0 Å². The summed E-state index contributed by atoms with van der Waals surface area (Å²) < 4.78 is 0. The number of rotatable bonds is 11. The molecule has 0 N–H and O–H groups in total. The lowest BCUT2D eigenvalue weighted by atomic mass is 10.0. The first-order valence-corrected chi connectivity index (χ1v) is 7.97. The van der Waals surface area contributed by atoms with Crippen LogP contribution in [0.2, 0.25) is 0 Å². The van der Waals surface area contributed by atoms with E-state index in [2.05, 4.69) is 37.3 Å². The van der Waals surface area contributed by atoms with Gasteiger partial charge in [-0.05, 0) is 18.4 Å². The number of unbranched alkanes of at least 4 members (excludes halogenated alkanes) is 9. The molecule has 3 heteroatoms. The Labute approximate surface area is 148 Å². The minimum atomic E-state index is 0. The Bertz CT molecular complexity index is 278. The third kappa shape index (κ3) is 16.4. The summed E-state index contributed by atoms with van der Waals surface area (Å²) in [6.07, 6.45) is 15.5. The van der Waals surface area contributed by atoms with Crippen LogP contribution in [0.4, 0.5) is 0 Å². The van der Waals surface area contributed by atoms with Crippen LogP contribution in [0.15, 0.2) is 30.3 Å². The maximum absolute atomic E-state index is 2.28. The average Bonchev–Trinajstić information content (AvgIpc) is 2.42. The molecule has 0 bridgehead atoms. The second kappa shape index (κ2) is 20.2. The van der Waals surface area contributed by atoms with E-state index in [1.165, 1.54) is 76.2 Å². The first-order valence-electron chi connectivity index (χ1n) is 7.97. The topological polar surface area (TPSA) is 0 Å². The maximum Gasteiger partial charge on any atom is -0.0279 e. The molecule has 1 unspecified atom stereocenters. The van der Waals surface area contributed by atoms with E-state index in [4.69, 9.17) is 0 Å². The molecule has 126 valence electrons. The second-order valence-corrected chi connectivity index (χ2v) is 5.42. The van der Waals surface area contributed by atoms with E-state index in [-0.39, 0.29) is 34.7 Å². The first kappa shape index (κ1) is 26.1. The molecule has 0 saturated carbocycles. The lowest BCUT2D eigenvalue weighted by Crippen LogP contribution is -1.86. The quantitative estimate of drug-likeness (QED) is 0.295. The van der Waals surface area contributed by atoms with Gasteiger partial charge in [0.1, 0.15) is 0 Å². The van der Waals surface area contributed by atoms with Gasteiger partial charge in [-0.1, -0.05) is 95.0 Å². The van der Waals surface area contributed by atoms with E-state index in [0.717, 1.165) is 0 Å². The van der Waals surface area contributed by atoms with Crippen molar-refractivity contribution in [3.05, 3.63) is 35.9 Å². The van der Waals surface area contributed by atoms with Crippen molar-refractivity contribution in [1.82, 2.24) is 0 Å². The normalized spacial score (nSPS) is 9.19. The Morgan fingerprint density at radius 3 is 1.52 bits per heavy atom. The predicted octanol–water partition coefficient (Wildman–Crippen LogP) is 7.05. The standard InChI is InChI=1S/C18H30.2ClH.H3P/c1-2-3-4-5-6-7-8-9-10-12-15-18-16-13-11-14-17-18;;;/h11,13-14,16-17H,2-10,12,15H2,1H3;2*1H;1H3. The van der Waals surface area contributed by atoms with Gasteiger partial charge in [0.05, 0.1) is 0 Å². The SMILES string of the molecule is CCCCCCCCCCCCc1ccccc1.Cl.Cl.P. The average molecular weight is 353 g/mol. The predicted molar refractivity (Wildman–Crippen MR) is 108 cm³/mol. The van der Waals surface area contributed by atoms with E-state index in [9.17, 15) is 0 Å². The van der Waals surface area contributed by atoms with Crippen molar-refractivity contribution in [2.24, 2.45) is 0 Å². The van der Waals surface area contributed by atoms with Crippen molar-refractivity contribution < 1.29 is 0 Å². The monoisotopic (exact) mass is 352 g/mol. The lowest BCUT2D eigenvalue weighted by Gasteiger charge is -2.03. The Hall–Kier alpha value is 0.230. The highest BCUT2D eigenvalue weighted by atomic mass is 35.5. The van der Waals surface area contributed by atoms with Crippen LogP contribution in [-0.2, 0) is 6.42 Å². The molecule has 0 aromatic heterocycles. The van der Waals surface area contributed by atoms with Gasteiger partial charge in [-0.2, -0.15) is 9.90 Å². The van der Waals surface area contributed by atoms with E-state index < -0.39 is 0 Å². The fourth-order valence-electron chi connectivity index (χ4n) is 2.46. The molecule has 0 aliphatic rings. The van der Waals surface area contributed by atoms with Gasteiger partial charge < -0.3 is 0 Å². The van der Waals surface area contributed by atoms with Gasteiger partial charge in [0.15, 0.2) is 0 Å². The maximum atomic E-state index is 2.28. The summed E-state index contributed by atoms with van der Waals surface area (Å²) in [4.78, 5) is 0. The summed E-state index contributed by atoms with van der Waals surface area (Å²) in [6.45, 7) is 2.28. The molecule has 0 spiro atoms. The molecule has 0 amide bonds. The highest BCUT2D eigenvalue weighted by molar-refractivity contribution is 6.92. The van der Waals surface area contributed by atoms with Crippen molar-refractivity contribution in [1.29, 1.82) is 0 Å². The molecule has 0 heterocycles. The van der Waals surface area contributed by atoms with Gasteiger partial charge in [-0.25, -0.2) is 0 Å². The number of aryl methyl sites for hydroxylation is 1. The van der Waals surface area contributed by atoms with Crippen LogP contribution < -0.4 is 0 Å². The molecule has 0 saturated heterocycles. The summed E-state index contributed by atoms with van der Waals surface area (Å²) in [6, 6.07) is 10.9. The van der Waals surface area contributed by atoms with Gasteiger partial charge in [-0.15, -0.1) is 24.8 Å². The Morgan fingerprint density at radius 1 is 0.619 bits per heavy atom. The molecule has 0 aliphatic carbocycles. The molecule has 1 rings (SSSR count). The van der Waals surface area contributed by atoms with Crippen molar-refractivity contribution >= 4 is 34.7 Å². The first-order chi connectivity index (χ1) is 8.93. The van der Waals surface area contributed by atoms with E-state index >= 15 is 0 Å². The summed E-state index contributed by atoms with van der Waals surface area (Å²) >= 11 is 0. The highest BCUT2D eigenvalue weighted by Crippen LogP contribution is 2.12. The van der Waals surface area contributed by atoms with Crippen LogP contribution in [0.3, 0.4) is 0 Å². The zero-order valence-electron chi connectivity index (χ0n) is 13.7. The molecule has 0 fully saturated rings. The van der Waals surface area contributed by atoms with Crippen LogP contribution in [0.25, 0.3) is 0 Å². The van der Waals surface area contributed by atoms with Gasteiger partial charge in [0.25, 0.3) is 0 Å².